The van der Waals surface area contributed by atoms with Gasteiger partial charge >= 0.3 is 6.03 Å². The lowest BCUT2D eigenvalue weighted by Crippen LogP contribution is -2.40. The number of rotatable bonds is 3. The minimum Gasteiger partial charge on any atom is -0.344 e. The lowest BCUT2D eigenvalue weighted by atomic mass is 9.81. The van der Waals surface area contributed by atoms with Gasteiger partial charge in [-0.15, -0.1) is 0 Å². The standard InChI is InChI=1S/C17H15ClN4O3S/c18-11-1-2-14-13(5-11)17(3-4-21(8-17)10-24)9-22(14)16(25)20-15-19-6-12(7-23)26-15/h1-2,5-7,10H,3-4,8-9H2,(H,19,20,25). The lowest BCUT2D eigenvalue weighted by molar-refractivity contribution is -0.117. The normalized spacial score (nSPS) is 21.1. The average Bonchev–Trinajstić information content (AvgIpc) is 3.34. The number of aldehydes is 1. The highest BCUT2D eigenvalue weighted by Gasteiger charge is 2.48. The summed E-state index contributed by atoms with van der Waals surface area (Å²) in [6.07, 6.45) is 3.74. The predicted octanol–water partition coefficient (Wildman–Crippen LogP) is 2.76. The molecular formula is C17H15ClN4O3S. The maximum absolute atomic E-state index is 12.8. The topological polar surface area (TPSA) is 82.6 Å². The fourth-order valence-electron chi connectivity index (χ4n) is 3.72. The zero-order valence-electron chi connectivity index (χ0n) is 13.6. The number of nitrogens with one attached hydrogen (secondary N) is 1. The van der Waals surface area contributed by atoms with Gasteiger partial charge in [-0.2, -0.15) is 0 Å². The summed E-state index contributed by atoms with van der Waals surface area (Å²) in [5, 5.41) is 3.72. The first-order chi connectivity index (χ1) is 12.5. The molecule has 9 heteroatoms. The molecule has 0 radical (unpaired) electrons. The number of anilines is 2. The molecule has 1 aromatic heterocycles. The number of halogens is 1. The Morgan fingerprint density at radius 1 is 1.35 bits per heavy atom. The van der Waals surface area contributed by atoms with Crippen molar-refractivity contribution in [3.63, 3.8) is 0 Å². The molecule has 0 bridgehead atoms. The third-order valence-electron chi connectivity index (χ3n) is 4.91. The highest BCUT2D eigenvalue weighted by molar-refractivity contribution is 7.17. The van der Waals surface area contributed by atoms with E-state index in [1.54, 1.807) is 15.9 Å². The summed E-state index contributed by atoms with van der Waals surface area (Å²) in [5.41, 5.74) is 1.46. The van der Waals surface area contributed by atoms with E-state index < -0.39 is 0 Å². The number of benzene rings is 1. The molecule has 1 saturated heterocycles. The Kier molecular flexibility index (Phi) is 4.16. The molecule has 1 unspecified atom stereocenters. The van der Waals surface area contributed by atoms with Gasteiger partial charge in [0, 0.05) is 35.8 Å². The monoisotopic (exact) mass is 390 g/mol. The highest BCUT2D eigenvalue weighted by Crippen LogP contribution is 2.47. The summed E-state index contributed by atoms with van der Waals surface area (Å²) in [4.78, 5) is 42.7. The second-order valence-corrected chi connectivity index (χ2v) is 7.97. The Labute approximate surface area is 158 Å². The van der Waals surface area contributed by atoms with E-state index in [4.69, 9.17) is 11.6 Å². The van der Waals surface area contributed by atoms with Gasteiger partial charge in [0.2, 0.25) is 6.41 Å². The molecule has 4 rings (SSSR count). The average molecular weight is 391 g/mol. The number of urea groups is 1. The molecule has 26 heavy (non-hydrogen) atoms. The molecule has 1 atom stereocenters. The smallest absolute Gasteiger partial charge is 0.328 e. The number of carbonyl (C=O) groups excluding carboxylic acids is 3. The van der Waals surface area contributed by atoms with E-state index in [1.807, 2.05) is 12.1 Å². The first-order valence-corrected chi connectivity index (χ1v) is 9.23. The Balaban J connectivity index is 1.64. The van der Waals surface area contributed by atoms with E-state index in [2.05, 4.69) is 10.3 Å². The molecule has 7 nitrogen and oxygen atoms in total. The Hall–Kier alpha value is -2.45. The molecular weight excluding hydrogens is 376 g/mol. The van der Waals surface area contributed by atoms with Gasteiger partial charge in [0.25, 0.3) is 0 Å². The molecule has 0 aliphatic carbocycles. The quantitative estimate of drug-likeness (QED) is 0.817. The number of carbonyl (C=O) groups is 3. The first kappa shape index (κ1) is 17.0. The van der Waals surface area contributed by atoms with Gasteiger partial charge in [-0.1, -0.05) is 22.9 Å². The summed E-state index contributed by atoms with van der Waals surface area (Å²) in [6.45, 7) is 1.67. The van der Waals surface area contributed by atoms with E-state index in [0.717, 1.165) is 35.4 Å². The van der Waals surface area contributed by atoms with E-state index in [0.29, 0.717) is 41.0 Å². The molecule has 134 valence electrons. The number of aromatic nitrogens is 1. The van der Waals surface area contributed by atoms with Gasteiger partial charge in [-0.05, 0) is 30.2 Å². The van der Waals surface area contributed by atoms with Gasteiger partial charge < -0.3 is 4.90 Å². The zero-order valence-corrected chi connectivity index (χ0v) is 15.2. The molecule has 3 amide bonds. The first-order valence-electron chi connectivity index (χ1n) is 8.03. The molecule has 2 aliphatic heterocycles. The van der Waals surface area contributed by atoms with Crippen LogP contribution in [0.3, 0.4) is 0 Å². The van der Waals surface area contributed by atoms with Crippen LogP contribution in [0, 0.1) is 0 Å². The maximum atomic E-state index is 12.8. The third kappa shape index (κ3) is 2.75. The van der Waals surface area contributed by atoms with Crippen LogP contribution in [-0.2, 0) is 10.2 Å². The van der Waals surface area contributed by atoms with Crippen molar-refractivity contribution in [3.8, 4) is 0 Å². The lowest BCUT2D eigenvalue weighted by Gasteiger charge is -2.24. The van der Waals surface area contributed by atoms with Gasteiger partial charge in [-0.25, -0.2) is 9.78 Å². The van der Waals surface area contributed by atoms with Crippen molar-refractivity contribution < 1.29 is 14.4 Å². The van der Waals surface area contributed by atoms with E-state index in [-0.39, 0.29) is 11.4 Å². The Morgan fingerprint density at radius 3 is 2.88 bits per heavy atom. The van der Waals surface area contributed by atoms with Crippen LogP contribution in [0.15, 0.2) is 24.4 Å². The van der Waals surface area contributed by atoms with E-state index in [1.165, 1.54) is 6.20 Å². The predicted molar refractivity (Wildman–Crippen MR) is 99.3 cm³/mol. The molecule has 1 aromatic carbocycles. The molecule has 1 N–H and O–H groups in total. The second-order valence-electron chi connectivity index (χ2n) is 6.47. The maximum Gasteiger partial charge on any atom is 0.328 e. The van der Waals surface area contributed by atoms with Crippen molar-refractivity contribution in [1.82, 2.24) is 9.88 Å². The van der Waals surface area contributed by atoms with Crippen molar-refractivity contribution in [2.24, 2.45) is 0 Å². The number of fused-ring (bicyclic) bond motifs is 2. The van der Waals surface area contributed by atoms with Crippen LogP contribution >= 0.6 is 22.9 Å². The van der Waals surface area contributed by atoms with Crippen LogP contribution < -0.4 is 10.2 Å². The van der Waals surface area contributed by atoms with Crippen molar-refractivity contribution in [2.75, 3.05) is 29.9 Å². The fourth-order valence-corrected chi connectivity index (χ4v) is 4.52. The summed E-state index contributed by atoms with van der Waals surface area (Å²) < 4.78 is 0. The molecule has 0 saturated carbocycles. The zero-order chi connectivity index (χ0) is 18.3. The number of likely N-dealkylation sites (tertiary alicyclic amines) is 1. The Morgan fingerprint density at radius 2 is 2.19 bits per heavy atom. The van der Waals surface area contributed by atoms with Gasteiger partial charge in [0.05, 0.1) is 11.1 Å². The van der Waals surface area contributed by atoms with E-state index in [9.17, 15) is 14.4 Å². The summed E-state index contributed by atoms with van der Waals surface area (Å²) in [6, 6.07) is 5.14. The largest absolute Gasteiger partial charge is 0.344 e. The van der Waals surface area contributed by atoms with Crippen LogP contribution in [0.4, 0.5) is 15.6 Å². The SMILES string of the molecule is O=Cc1cnc(NC(=O)N2CC3(CCN(C=O)C3)c3cc(Cl)ccc32)s1. The number of amides is 3. The van der Waals surface area contributed by atoms with Gasteiger partial charge in [-0.3, -0.25) is 19.8 Å². The van der Waals surface area contributed by atoms with E-state index >= 15 is 0 Å². The minimum absolute atomic E-state index is 0.310. The number of thiazole rings is 1. The van der Waals surface area contributed by atoms with Gasteiger partial charge in [0.1, 0.15) is 0 Å². The Bertz CT molecular complexity index is 902. The number of nitrogens with zero attached hydrogens (tertiary/aromatic N) is 3. The van der Waals surface area contributed by atoms with Crippen LogP contribution in [-0.4, -0.2) is 48.2 Å². The van der Waals surface area contributed by atoms with Crippen molar-refractivity contribution in [2.45, 2.75) is 11.8 Å². The number of hydrogen-bond donors (Lipinski definition) is 1. The third-order valence-corrected chi connectivity index (χ3v) is 5.99. The van der Waals surface area contributed by atoms with Crippen LogP contribution in [0.25, 0.3) is 0 Å². The number of hydrogen-bond acceptors (Lipinski definition) is 5. The molecule has 2 aromatic rings. The second kappa shape index (κ2) is 6.37. The van der Waals surface area contributed by atoms with Crippen LogP contribution in [0.5, 0.6) is 0 Å². The summed E-state index contributed by atoms with van der Waals surface area (Å²) in [7, 11) is 0. The molecule has 3 heterocycles. The fraction of sp³-hybridized carbons (Fsp3) is 0.294. The van der Waals surface area contributed by atoms with Crippen molar-refractivity contribution in [3.05, 3.63) is 39.9 Å². The van der Waals surface area contributed by atoms with Crippen LogP contribution in [0.1, 0.15) is 21.7 Å². The minimum atomic E-state index is -0.318. The molecule has 1 spiro atoms. The molecule has 2 aliphatic rings. The highest BCUT2D eigenvalue weighted by atomic mass is 35.5. The van der Waals surface area contributed by atoms with Crippen molar-refractivity contribution >= 4 is 52.5 Å². The molecule has 1 fully saturated rings. The summed E-state index contributed by atoms with van der Waals surface area (Å²) >= 11 is 7.31. The van der Waals surface area contributed by atoms with Gasteiger partial charge in [0.15, 0.2) is 11.4 Å². The summed E-state index contributed by atoms with van der Waals surface area (Å²) in [5.74, 6) is 0. The van der Waals surface area contributed by atoms with Crippen molar-refractivity contribution in [1.29, 1.82) is 0 Å². The van der Waals surface area contributed by atoms with Crippen LogP contribution in [0.2, 0.25) is 5.02 Å².